The van der Waals surface area contributed by atoms with Gasteiger partial charge in [0, 0.05) is 42.4 Å². The molecule has 136 valence electrons. The Morgan fingerprint density at radius 1 is 1.35 bits per heavy atom. The van der Waals surface area contributed by atoms with Crippen LogP contribution in [0.3, 0.4) is 0 Å². The summed E-state index contributed by atoms with van der Waals surface area (Å²) in [5, 5.41) is 16.0. The third-order valence-electron chi connectivity index (χ3n) is 3.54. The van der Waals surface area contributed by atoms with Gasteiger partial charge in [-0.25, -0.2) is 9.48 Å². The van der Waals surface area contributed by atoms with Crippen molar-refractivity contribution < 1.29 is 9.21 Å². The molecule has 0 atom stereocenters. The van der Waals surface area contributed by atoms with Crippen molar-refractivity contribution in [2.24, 2.45) is 5.92 Å². The number of nitrogens with zero attached hydrogens (tertiary/aromatic N) is 4. The zero-order valence-electron chi connectivity index (χ0n) is 14.7. The molecule has 0 fully saturated rings. The van der Waals surface area contributed by atoms with Gasteiger partial charge < -0.3 is 9.73 Å². The molecule has 26 heavy (non-hydrogen) atoms. The first-order chi connectivity index (χ1) is 12.4. The molecular formula is C17H19N5O3S. The van der Waals surface area contributed by atoms with Crippen molar-refractivity contribution in [2.75, 3.05) is 5.32 Å². The quantitative estimate of drug-likeness (QED) is 0.523. The van der Waals surface area contributed by atoms with Crippen LogP contribution < -0.4 is 10.9 Å². The van der Waals surface area contributed by atoms with Gasteiger partial charge in [0.2, 0.25) is 11.1 Å². The van der Waals surface area contributed by atoms with E-state index in [1.807, 2.05) is 6.07 Å². The van der Waals surface area contributed by atoms with Gasteiger partial charge in [-0.15, -0.1) is 5.10 Å². The monoisotopic (exact) mass is 373 g/mol. The maximum atomic E-state index is 11.9. The maximum absolute atomic E-state index is 11.9. The van der Waals surface area contributed by atoms with Crippen LogP contribution in [0.15, 0.2) is 38.6 Å². The molecular weight excluding hydrogens is 354 g/mol. The van der Waals surface area contributed by atoms with E-state index in [-0.39, 0.29) is 5.91 Å². The van der Waals surface area contributed by atoms with E-state index in [4.69, 9.17) is 4.42 Å². The summed E-state index contributed by atoms with van der Waals surface area (Å²) in [6, 6.07) is 6.73. The van der Waals surface area contributed by atoms with Crippen LogP contribution in [0.4, 0.5) is 5.69 Å². The number of amides is 1. The van der Waals surface area contributed by atoms with Gasteiger partial charge in [0.05, 0.1) is 0 Å². The van der Waals surface area contributed by atoms with Gasteiger partial charge in [-0.3, -0.25) is 4.79 Å². The van der Waals surface area contributed by atoms with Crippen LogP contribution >= 0.6 is 11.8 Å². The summed E-state index contributed by atoms with van der Waals surface area (Å²) in [5.41, 5.74) is 1.41. The highest BCUT2D eigenvalue weighted by Crippen LogP contribution is 2.27. The molecule has 0 saturated heterocycles. The molecule has 0 saturated carbocycles. The van der Waals surface area contributed by atoms with E-state index < -0.39 is 5.63 Å². The Morgan fingerprint density at radius 3 is 2.88 bits per heavy atom. The fourth-order valence-electron chi connectivity index (χ4n) is 2.53. The van der Waals surface area contributed by atoms with Crippen molar-refractivity contribution in [1.82, 2.24) is 20.2 Å². The lowest BCUT2D eigenvalue weighted by atomic mass is 10.1. The number of thioether (sulfide) groups is 1. The molecule has 1 N–H and O–H groups in total. The Morgan fingerprint density at radius 2 is 2.15 bits per heavy atom. The first-order valence-corrected chi connectivity index (χ1v) is 9.14. The van der Waals surface area contributed by atoms with Crippen LogP contribution in [-0.2, 0) is 17.1 Å². The third-order valence-corrected chi connectivity index (χ3v) is 4.55. The molecule has 2 heterocycles. The molecule has 0 unspecified atom stereocenters. The average Bonchev–Trinajstić information content (AvgIpc) is 2.97. The van der Waals surface area contributed by atoms with Crippen molar-refractivity contribution in [1.29, 1.82) is 0 Å². The van der Waals surface area contributed by atoms with Crippen LogP contribution in [0.1, 0.15) is 26.3 Å². The highest BCUT2D eigenvalue weighted by Gasteiger charge is 2.12. The number of benzene rings is 1. The summed E-state index contributed by atoms with van der Waals surface area (Å²) >= 11 is 1.46. The number of carbonyl (C=O) groups is 1. The molecule has 3 rings (SSSR count). The van der Waals surface area contributed by atoms with Crippen molar-refractivity contribution in [3.8, 4) is 0 Å². The van der Waals surface area contributed by atoms with E-state index in [1.165, 1.54) is 24.8 Å². The summed E-state index contributed by atoms with van der Waals surface area (Å²) in [4.78, 5) is 23.1. The molecule has 8 nitrogen and oxygen atoms in total. The van der Waals surface area contributed by atoms with Gasteiger partial charge >= 0.3 is 5.63 Å². The summed E-state index contributed by atoms with van der Waals surface area (Å²) in [6.45, 7) is 6.35. The minimum atomic E-state index is -0.435. The second kappa shape index (κ2) is 7.69. The number of nitrogens with one attached hydrogen (secondary N) is 1. The third kappa shape index (κ3) is 4.29. The van der Waals surface area contributed by atoms with Gasteiger partial charge in [-0.1, -0.05) is 25.6 Å². The number of hydrogen-bond acceptors (Lipinski definition) is 7. The van der Waals surface area contributed by atoms with E-state index in [9.17, 15) is 9.59 Å². The Hall–Kier alpha value is -2.68. The normalized spacial score (nSPS) is 11.2. The lowest BCUT2D eigenvalue weighted by Gasteiger charge is -2.08. The molecule has 0 radical (unpaired) electrons. The van der Waals surface area contributed by atoms with Gasteiger partial charge in [0.25, 0.3) is 0 Å². The predicted octanol–water partition coefficient (Wildman–Crippen LogP) is 2.69. The maximum Gasteiger partial charge on any atom is 0.336 e. The van der Waals surface area contributed by atoms with Crippen LogP contribution in [-0.4, -0.2) is 26.1 Å². The largest absolute Gasteiger partial charge is 0.423 e. The number of hydrogen-bond donors (Lipinski definition) is 1. The van der Waals surface area contributed by atoms with E-state index in [0.717, 1.165) is 17.5 Å². The van der Waals surface area contributed by atoms with E-state index in [0.29, 0.717) is 28.1 Å². The van der Waals surface area contributed by atoms with E-state index in [1.54, 1.807) is 16.8 Å². The van der Waals surface area contributed by atoms with Crippen LogP contribution in [0.25, 0.3) is 11.0 Å². The van der Waals surface area contributed by atoms with E-state index >= 15 is 0 Å². The average molecular weight is 373 g/mol. The minimum absolute atomic E-state index is 0.185. The van der Waals surface area contributed by atoms with Crippen LogP contribution in [0.5, 0.6) is 0 Å². The number of tetrazole rings is 1. The van der Waals surface area contributed by atoms with E-state index in [2.05, 4.69) is 34.7 Å². The smallest absolute Gasteiger partial charge is 0.336 e. The fourth-order valence-corrected chi connectivity index (χ4v) is 3.41. The van der Waals surface area contributed by atoms with Gasteiger partial charge in [0.15, 0.2) is 0 Å². The van der Waals surface area contributed by atoms with Crippen molar-refractivity contribution in [3.63, 3.8) is 0 Å². The molecule has 0 aliphatic heterocycles. The second-order valence-electron chi connectivity index (χ2n) is 6.31. The molecule has 1 amide bonds. The molecule has 3 aromatic rings. The first-order valence-electron chi connectivity index (χ1n) is 8.15. The highest BCUT2D eigenvalue weighted by molar-refractivity contribution is 7.98. The topological polar surface area (TPSA) is 103 Å². The number of aromatic nitrogens is 4. The Kier molecular flexibility index (Phi) is 5.36. The van der Waals surface area contributed by atoms with Crippen LogP contribution in [0.2, 0.25) is 0 Å². The van der Waals surface area contributed by atoms with Gasteiger partial charge in [0.1, 0.15) is 5.58 Å². The molecule has 0 aliphatic rings. The highest BCUT2D eigenvalue weighted by atomic mass is 32.2. The first kappa shape index (κ1) is 18.1. The predicted molar refractivity (Wildman–Crippen MR) is 99.0 cm³/mol. The summed E-state index contributed by atoms with van der Waals surface area (Å²) < 4.78 is 7.04. The molecule has 0 aliphatic carbocycles. The molecule has 9 heteroatoms. The number of carbonyl (C=O) groups excluding carboxylic acids is 1. The lowest BCUT2D eigenvalue weighted by Crippen LogP contribution is -2.08. The number of fused-ring (bicyclic) bond motifs is 1. The standard InChI is InChI=1S/C17H19N5O3S/c1-10(2)8-22-17(19-20-21-22)26-9-12-6-16(24)25-15-7-13(18-11(3)23)4-5-14(12)15/h4-7,10H,8-9H2,1-3H3,(H,18,23). The number of rotatable bonds is 6. The second-order valence-corrected chi connectivity index (χ2v) is 7.25. The number of anilines is 1. The molecule has 0 spiro atoms. The molecule has 0 bridgehead atoms. The van der Waals surface area contributed by atoms with Gasteiger partial charge in [-0.2, -0.15) is 0 Å². The summed E-state index contributed by atoms with van der Waals surface area (Å²) in [5.74, 6) is 0.769. The zero-order chi connectivity index (χ0) is 18.7. The summed E-state index contributed by atoms with van der Waals surface area (Å²) in [6.07, 6.45) is 0. The summed E-state index contributed by atoms with van der Waals surface area (Å²) in [7, 11) is 0. The van der Waals surface area contributed by atoms with Crippen molar-refractivity contribution >= 4 is 34.3 Å². The van der Waals surface area contributed by atoms with Crippen molar-refractivity contribution in [3.05, 3.63) is 40.2 Å². The zero-order valence-corrected chi connectivity index (χ0v) is 15.5. The lowest BCUT2D eigenvalue weighted by molar-refractivity contribution is -0.114. The SMILES string of the molecule is CC(=O)Nc1ccc2c(CSc3nnnn3CC(C)C)cc(=O)oc2c1. The van der Waals surface area contributed by atoms with Crippen LogP contribution in [0, 0.1) is 5.92 Å². The molecule has 2 aromatic heterocycles. The Labute approximate surface area is 154 Å². The minimum Gasteiger partial charge on any atom is -0.423 e. The Bertz CT molecular complexity index is 995. The van der Waals surface area contributed by atoms with Crippen molar-refractivity contribution in [2.45, 2.75) is 38.2 Å². The molecule has 1 aromatic carbocycles. The van der Waals surface area contributed by atoms with Gasteiger partial charge in [-0.05, 0) is 34.0 Å². The fraction of sp³-hybridized carbons (Fsp3) is 0.353. The Balaban J connectivity index is 1.87.